The maximum atomic E-state index is 5.29. The molecule has 0 aliphatic carbocycles. The minimum absolute atomic E-state index is 0.687. The van der Waals surface area contributed by atoms with Crippen LogP contribution in [0.3, 0.4) is 0 Å². The lowest BCUT2D eigenvalue weighted by Gasteiger charge is -2.03. The molecule has 5 N–H and O–H groups in total. The van der Waals surface area contributed by atoms with Gasteiger partial charge in [0, 0.05) is 24.2 Å². The van der Waals surface area contributed by atoms with Crippen molar-refractivity contribution in [3.8, 4) is 0 Å². The van der Waals surface area contributed by atoms with Gasteiger partial charge in [-0.25, -0.2) is 0 Å². The van der Waals surface area contributed by atoms with Gasteiger partial charge < -0.3 is 11.2 Å². The number of nitrogens with zero attached hydrogens (tertiary/aromatic N) is 1. The van der Waals surface area contributed by atoms with Crippen LogP contribution >= 0.6 is 0 Å². The first kappa shape index (κ1) is 7.56. The summed E-state index contributed by atoms with van der Waals surface area (Å²) in [6, 6.07) is 3.64. The Morgan fingerprint density at radius 1 is 1.45 bits per heavy atom. The summed E-state index contributed by atoms with van der Waals surface area (Å²) in [6.45, 7) is 0. The molecule has 4 heteroatoms. The molecule has 0 aliphatic heterocycles. The van der Waals surface area contributed by atoms with Crippen molar-refractivity contribution < 1.29 is 0 Å². The van der Waals surface area contributed by atoms with E-state index in [0.717, 1.165) is 5.56 Å². The standard InChI is InChI=1S/C7H10N4/c8-5-7(11-9)6-1-3-10-4-2-6/h1-5,11H,8-9H2/b7-5-. The Labute approximate surface area is 64.9 Å². The van der Waals surface area contributed by atoms with Crippen LogP contribution < -0.4 is 17.0 Å². The molecule has 4 nitrogen and oxygen atoms in total. The van der Waals surface area contributed by atoms with E-state index in [2.05, 4.69) is 10.4 Å². The molecule has 1 heterocycles. The highest BCUT2D eigenvalue weighted by Crippen LogP contribution is 2.05. The van der Waals surface area contributed by atoms with Crippen molar-refractivity contribution in [2.45, 2.75) is 0 Å². The zero-order valence-corrected chi connectivity index (χ0v) is 5.99. The molecule has 0 spiro atoms. The van der Waals surface area contributed by atoms with Crippen LogP contribution in [0.2, 0.25) is 0 Å². The number of hydrogen-bond acceptors (Lipinski definition) is 4. The summed E-state index contributed by atoms with van der Waals surface area (Å²) >= 11 is 0. The maximum absolute atomic E-state index is 5.29. The first-order chi connectivity index (χ1) is 5.38. The molecule has 1 rings (SSSR count). The SMILES string of the molecule is N/C=C(\NN)c1ccncc1. The second-order valence-corrected chi connectivity index (χ2v) is 1.96. The summed E-state index contributed by atoms with van der Waals surface area (Å²) < 4.78 is 0. The molecule has 0 amide bonds. The van der Waals surface area contributed by atoms with Gasteiger partial charge in [-0.2, -0.15) is 0 Å². The summed E-state index contributed by atoms with van der Waals surface area (Å²) in [5, 5.41) is 0. The third-order valence-electron chi connectivity index (χ3n) is 1.31. The summed E-state index contributed by atoms with van der Waals surface area (Å²) in [7, 11) is 0. The lowest BCUT2D eigenvalue weighted by Crippen LogP contribution is -2.20. The van der Waals surface area contributed by atoms with Gasteiger partial charge in [0.15, 0.2) is 0 Å². The number of hydrogen-bond donors (Lipinski definition) is 3. The van der Waals surface area contributed by atoms with E-state index in [1.54, 1.807) is 12.4 Å². The normalized spacial score (nSPS) is 11.2. The van der Waals surface area contributed by atoms with Gasteiger partial charge in [-0.3, -0.25) is 10.8 Å². The van der Waals surface area contributed by atoms with Crippen LogP contribution in [0, 0.1) is 0 Å². The van der Waals surface area contributed by atoms with E-state index in [0.29, 0.717) is 5.70 Å². The van der Waals surface area contributed by atoms with Crippen molar-refractivity contribution >= 4 is 5.70 Å². The monoisotopic (exact) mass is 150 g/mol. The fourth-order valence-electron chi connectivity index (χ4n) is 0.759. The molecule has 11 heavy (non-hydrogen) atoms. The van der Waals surface area contributed by atoms with Crippen LogP contribution in [-0.4, -0.2) is 4.98 Å². The number of hydrazine groups is 1. The highest BCUT2D eigenvalue weighted by Gasteiger charge is 1.94. The average Bonchev–Trinajstić information content (AvgIpc) is 2.09. The van der Waals surface area contributed by atoms with Crippen LogP contribution in [0.5, 0.6) is 0 Å². The first-order valence-corrected chi connectivity index (χ1v) is 3.17. The largest absolute Gasteiger partial charge is 0.403 e. The van der Waals surface area contributed by atoms with E-state index in [-0.39, 0.29) is 0 Å². The average molecular weight is 150 g/mol. The quantitative estimate of drug-likeness (QED) is 0.403. The molecule has 0 radical (unpaired) electrons. The number of pyridine rings is 1. The molecule has 1 aromatic rings. The van der Waals surface area contributed by atoms with Gasteiger partial charge in [0.1, 0.15) is 0 Å². The Hall–Kier alpha value is -1.55. The van der Waals surface area contributed by atoms with Crippen molar-refractivity contribution in [1.82, 2.24) is 10.4 Å². The third-order valence-corrected chi connectivity index (χ3v) is 1.31. The van der Waals surface area contributed by atoms with Crippen LogP contribution in [0.1, 0.15) is 5.56 Å². The lowest BCUT2D eigenvalue weighted by atomic mass is 10.2. The summed E-state index contributed by atoms with van der Waals surface area (Å²) in [6.07, 6.45) is 4.77. The molecular formula is C7H10N4. The van der Waals surface area contributed by atoms with Gasteiger partial charge in [-0.1, -0.05) is 0 Å². The molecule has 0 saturated carbocycles. The zero-order valence-electron chi connectivity index (χ0n) is 5.99. The van der Waals surface area contributed by atoms with E-state index >= 15 is 0 Å². The van der Waals surface area contributed by atoms with Crippen molar-refractivity contribution in [1.29, 1.82) is 0 Å². The first-order valence-electron chi connectivity index (χ1n) is 3.17. The van der Waals surface area contributed by atoms with E-state index in [1.165, 1.54) is 6.20 Å². The predicted octanol–water partition coefficient (Wildman–Crippen LogP) is -0.198. The van der Waals surface area contributed by atoms with Gasteiger partial charge in [-0.15, -0.1) is 0 Å². The van der Waals surface area contributed by atoms with Crippen LogP contribution in [0.25, 0.3) is 5.70 Å². The highest BCUT2D eigenvalue weighted by molar-refractivity contribution is 5.62. The van der Waals surface area contributed by atoms with Gasteiger partial charge in [-0.05, 0) is 12.1 Å². The molecule has 0 fully saturated rings. The summed E-state index contributed by atoms with van der Waals surface area (Å²) in [5.41, 5.74) is 9.38. The van der Waals surface area contributed by atoms with E-state index in [4.69, 9.17) is 11.6 Å². The zero-order chi connectivity index (χ0) is 8.10. The van der Waals surface area contributed by atoms with E-state index in [1.807, 2.05) is 12.1 Å². The summed E-state index contributed by atoms with van der Waals surface area (Å²) in [5.74, 6) is 5.20. The Kier molecular flexibility index (Phi) is 2.46. The lowest BCUT2D eigenvalue weighted by molar-refractivity contribution is 0.986. The minimum Gasteiger partial charge on any atom is -0.403 e. The number of aromatic nitrogens is 1. The van der Waals surface area contributed by atoms with Crippen molar-refractivity contribution in [2.75, 3.05) is 0 Å². The Morgan fingerprint density at radius 3 is 2.55 bits per heavy atom. The molecule has 0 bridgehead atoms. The molecule has 0 aliphatic rings. The fraction of sp³-hybridized carbons (Fsp3) is 0. The van der Waals surface area contributed by atoms with Gasteiger partial charge in [0.05, 0.1) is 5.70 Å². The Morgan fingerprint density at radius 2 is 2.09 bits per heavy atom. The Bertz CT molecular complexity index is 242. The van der Waals surface area contributed by atoms with Gasteiger partial charge in [0.25, 0.3) is 0 Å². The molecule has 0 aromatic carbocycles. The number of nitrogens with one attached hydrogen (secondary N) is 1. The fourth-order valence-corrected chi connectivity index (χ4v) is 0.759. The smallest absolute Gasteiger partial charge is 0.0714 e. The molecule has 1 aromatic heterocycles. The second-order valence-electron chi connectivity index (χ2n) is 1.96. The van der Waals surface area contributed by atoms with Gasteiger partial charge >= 0.3 is 0 Å². The number of nitrogens with two attached hydrogens (primary N) is 2. The summed E-state index contributed by atoms with van der Waals surface area (Å²) in [4.78, 5) is 3.86. The maximum Gasteiger partial charge on any atom is 0.0714 e. The number of rotatable bonds is 2. The van der Waals surface area contributed by atoms with Crippen LogP contribution in [0.15, 0.2) is 30.7 Å². The van der Waals surface area contributed by atoms with Crippen LogP contribution in [-0.2, 0) is 0 Å². The highest BCUT2D eigenvalue weighted by atomic mass is 15.2. The molecule has 0 saturated heterocycles. The van der Waals surface area contributed by atoms with Gasteiger partial charge in [0.2, 0.25) is 0 Å². The second kappa shape index (κ2) is 3.58. The van der Waals surface area contributed by atoms with Crippen molar-refractivity contribution in [2.24, 2.45) is 11.6 Å². The molecule has 0 unspecified atom stereocenters. The predicted molar refractivity (Wildman–Crippen MR) is 43.7 cm³/mol. The van der Waals surface area contributed by atoms with Crippen molar-refractivity contribution in [3.05, 3.63) is 36.3 Å². The van der Waals surface area contributed by atoms with E-state index < -0.39 is 0 Å². The molecule has 58 valence electrons. The van der Waals surface area contributed by atoms with Crippen LogP contribution in [0.4, 0.5) is 0 Å². The molecule has 0 atom stereocenters. The topological polar surface area (TPSA) is 77.0 Å². The van der Waals surface area contributed by atoms with Crippen molar-refractivity contribution in [3.63, 3.8) is 0 Å². The Balaban J connectivity index is 2.92. The molecular weight excluding hydrogens is 140 g/mol. The van der Waals surface area contributed by atoms with E-state index in [9.17, 15) is 0 Å². The third kappa shape index (κ3) is 1.68. The minimum atomic E-state index is 0.687.